The molecule has 0 fully saturated rings. The van der Waals surface area contributed by atoms with E-state index in [4.69, 9.17) is 10.5 Å². The first-order valence-electron chi connectivity index (χ1n) is 3.90. The van der Waals surface area contributed by atoms with E-state index in [1.807, 2.05) is 0 Å². The summed E-state index contributed by atoms with van der Waals surface area (Å²) in [7, 11) is 1.35. The summed E-state index contributed by atoms with van der Waals surface area (Å²) in [6, 6.07) is 0. The van der Waals surface area contributed by atoms with Crippen LogP contribution in [0.25, 0.3) is 0 Å². The summed E-state index contributed by atoms with van der Waals surface area (Å²) in [6.07, 6.45) is -0.0428. The van der Waals surface area contributed by atoms with Gasteiger partial charge < -0.3 is 19.9 Å². The number of carbonyl (C=O) groups is 2. The molecule has 7 heteroatoms. The number of nitrogens with zero attached hydrogens (tertiary/aromatic N) is 1. The summed E-state index contributed by atoms with van der Waals surface area (Å²) < 4.78 is 13.9. The number of rotatable bonds is 5. The van der Waals surface area contributed by atoms with Crippen molar-refractivity contribution in [1.29, 1.82) is 0 Å². The number of ether oxygens (including phenoxy) is 3. The van der Waals surface area contributed by atoms with Crippen molar-refractivity contribution in [3.8, 4) is 0 Å². The molecule has 0 aliphatic rings. The van der Waals surface area contributed by atoms with E-state index in [9.17, 15) is 9.59 Å². The number of amides is 1. The Morgan fingerprint density at radius 2 is 2.20 bits per heavy atom. The molecule has 0 aromatic carbocycles. The summed E-state index contributed by atoms with van der Waals surface area (Å²) in [5.74, 6) is 0.416. The molecule has 0 rings (SSSR count). The highest BCUT2D eigenvalue weighted by atomic mass is 16.6. The van der Waals surface area contributed by atoms with Crippen LogP contribution >= 0.6 is 0 Å². The van der Waals surface area contributed by atoms with E-state index >= 15 is 0 Å². The van der Waals surface area contributed by atoms with Gasteiger partial charge in [0.25, 0.3) is 6.47 Å². The highest BCUT2D eigenvalue weighted by molar-refractivity contribution is 5.77. The Balaban J connectivity index is 4.27. The zero-order chi connectivity index (χ0) is 11.7. The number of nitrogens with two attached hydrogens (primary N) is 1. The van der Waals surface area contributed by atoms with Crippen LogP contribution in [0.4, 0.5) is 4.79 Å². The van der Waals surface area contributed by atoms with Gasteiger partial charge in [-0.25, -0.2) is 4.79 Å². The molecule has 0 spiro atoms. The van der Waals surface area contributed by atoms with E-state index in [0.717, 1.165) is 6.34 Å². The first-order chi connectivity index (χ1) is 7.15. The Bertz CT molecular complexity index is 285. The van der Waals surface area contributed by atoms with Gasteiger partial charge >= 0.3 is 6.09 Å². The van der Waals surface area contributed by atoms with E-state index in [0.29, 0.717) is 0 Å². The second-order valence-corrected chi connectivity index (χ2v) is 2.23. The first-order valence-corrected chi connectivity index (χ1v) is 3.90. The van der Waals surface area contributed by atoms with Crippen LogP contribution in [0.1, 0.15) is 6.92 Å². The largest absolute Gasteiger partial charge is 0.494 e. The maximum atomic E-state index is 10.8. The molecule has 0 saturated carbocycles. The van der Waals surface area contributed by atoms with Gasteiger partial charge in [0.2, 0.25) is 0 Å². The molecule has 0 heterocycles. The van der Waals surface area contributed by atoms with Crippen molar-refractivity contribution < 1.29 is 23.8 Å². The lowest BCUT2D eigenvalue weighted by Crippen LogP contribution is -2.08. The molecule has 15 heavy (non-hydrogen) atoms. The van der Waals surface area contributed by atoms with Crippen molar-refractivity contribution in [2.24, 2.45) is 10.7 Å². The minimum Gasteiger partial charge on any atom is -0.494 e. The van der Waals surface area contributed by atoms with Gasteiger partial charge in [0.15, 0.2) is 12.4 Å². The third-order valence-electron chi connectivity index (χ3n) is 1.37. The van der Waals surface area contributed by atoms with Crippen molar-refractivity contribution in [2.75, 3.05) is 13.7 Å². The fourth-order valence-electron chi connectivity index (χ4n) is 0.668. The van der Waals surface area contributed by atoms with Gasteiger partial charge in [0.05, 0.1) is 13.4 Å². The Morgan fingerprint density at radius 3 is 2.67 bits per heavy atom. The SMILES string of the molecule is CO/C(COC(=O)/N=C\N)=C(/C)OC=O. The molecule has 0 aromatic rings. The van der Waals surface area contributed by atoms with Crippen molar-refractivity contribution in [3.63, 3.8) is 0 Å². The number of hydrogen-bond donors (Lipinski definition) is 1. The molecule has 0 saturated heterocycles. The van der Waals surface area contributed by atoms with E-state index in [2.05, 4.69) is 14.5 Å². The van der Waals surface area contributed by atoms with Gasteiger partial charge in [-0.3, -0.25) is 4.79 Å². The normalized spacial score (nSPS) is 11.9. The van der Waals surface area contributed by atoms with Crippen LogP contribution < -0.4 is 5.73 Å². The highest BCUT2D eigenvalue weighted by Crippen LogP contribution is 2.06. The molecule has 84 valence electrons. The van der Waals surface area contributed by atoms with Gasteiger partial charge in [-0.15, -0.1) is 0 Å². The molecule has 2 N–H and O–H groups in total. The van der Waals surface area contributed by atoms with Gasteiger partial charge in [0.1, 0.15) is 5.76 Å². The summed E-state index contributed by atoms with van der Waals surface area (Å²) in [4.78, 5) is 23.9. The third-order valence-corrected chi connectivity index (χ3v) is 1.37. The summed E-state index contributed by atoms with van der Waals surface area (Å²) in [5, 5.41) is 0. The number of methoxy groups -OCH3 is 1. The minimum atomic E-state index is -0.856. The molecule has 7 nitrogen and oxygen atoms in total. The molecule has 0 radical (unpaired) electrons. The van der Waals surface area contributed by atoms with Crippen molar-refractivity contribution in [3.05, 3.63) is 11.5 Å². The Hall–Kier alpha value is -2.05. The van der Waals surface area contributed by atoms with Crippen LogP contribution in [-0.2, 0) is 19.0 Å². The van der Waals surface area contributed by atoms with Crippen LogP contribution in [-0.4, -0.2) is 32.6 Å². The molecule has 0 aromatic heterocycles. The molecule has 0 atom stereocenters. The van der Waals surface area contributed by atoms with Crippen molar-refractivity contribution >= 4 is 18.9 Å². The van der Waals surface area contributed by atoms with E-state index < -0.39 is 6.09 Å². The predicted molar refractivity (Wildman–Crippen MR) is 50.9 cm³/mol. The minimum absolute atomic E-state index is 0.188. The number of carbonyl (C=O) groups excluding carboxylic acids is 2. The topological polar surface area (TPSA) is 100 Å². The zero-order valence-electron chi connectivity index (χ0n) is 8.43. The van der Waals surface area contributed by atoms with Gasteiger partial charge in [0, 0.05) is 0 Å². The fraction of sp³-hybridized carbons (Fsp3) is 0.375. The van der Waals surface area contributed by atoms with Gasteiger partial charge in [-0.2, -0.15) is 4.99 Å². The molecule has 0 unspecified atom stereocenters. The lowest BCUT2D eigenvalue weighted by molar-refractivity contribution is -0.125. The third kappa shape index (κ3) is 5.29. The van der Waals surface area contributed by atoms with Crippen LogP contribution in [0.15, 0.2) is 16.5 Å². The lowest BCUT2D eigenvalue weighted by Gasteiger charge is -2.08. The fourth-order valence-corrected chi connectivity index (χ4v) is 0.668. The predicted octanol–water partition coefficient (Wildman–Crippen LogP) is 0.161. The summed E-state index contributed by atoms with van der Waals surface area (Å²) in [6.45, 7) is 1.55. The van der Waals surface area contributed by atoms with Gasteiger partial charge in [-0.05, 0) is 6.92 Å². The number of allylic oxidation sites excluding steroid dienone is 1. The van der Waals surface area contributed by atoms with E-state index in [1.54, 1.807) is 0 Å². The van der Waals surface area contributed by atoms with Gasteiger partial charge in [-0.1, -0.05) is 0 Å². The van der Waals surface area contributed by atoms with E-state index in [1.165, 1.54) is 14.0 Å². The van der Waals surface area contributed by atoms with Crippen molar-refractivity contribution in [1.82, 2.24) is 0 Å². The second-order valence-electron chi connectivity index (χ2n) is 2.23. The maximum Gasteiger partial charge on any atom is 0.435 e. The van der Waals surface area contributed by atoms with Crippen molar-refractivity contribution in [2.45, 2.75) is 6.92 Å². The average molecular weight is 216 g/mol. The second kappa shape index (κ2) is 7.36. The quantitative estimate of drug-likeness (QED) is 0.304. The standard InChI is InChI=1S/C8H12N2O5/c1-6(15-5-11)7(13-2)3-14-8(12)10-4-9/h4-5H,3H2,1-2H3,(H2,9,10,12)/b7-6-. The zero-order valence-corrected chi connectivity index (χ0v) is 8.43. The summed E-state index contributed by atoms with van der Waals surface area (Å²) >= 11 is 0. The molecular formula is C8H12N2O5. The summed E-state index contributed by atoms with van der Waals surface area (Å²) in [5.41, 5.74) is 4.87. The highest BCUT2D eigenvalue weighted by Gasteiger charge is 2.07. The monoisotopic (exact) mass is 216 g/mol. The molecule has 0 aliphatic carbocycles. The molecular weight excluding hydrogens is 204 g/mol. The lowest BCUT2D eigenvalue weighted by atomic mass is 10.4. The first kappa shape index (κ1) is 12.9. The van der Waals surface area contributed by atoms with Crippen LogP contribution in [0.5, 0.6) is 0 Å². The van der Waals surface area contributed by atoms with Crippen LogP contribution in [0.2, 0.25) is 0 Å². The molecule has 1 amide bonds. The molecule has 0 aliphatic heterocycles. The van der Waals surface area contributed by atoms with Crippen LogP contribution in [0.3, 0.4) is 0 Å². The smallest absolute Gasteiger partial charge is 0.435 e. The van der Waals surface area contributed by atoms with E-state index in [-0.39, 0.29) is 24.6 Å². The Kier molecular flexibility index (Phi) is 6.36. The number of hydrogen-bond acceptors (Lipinski definition) is 5. The molecule has 0 bridgehead atoms. The average Bonchev–Trinajstić information content (AvgIpc) is 2.19. The Labute approximate surface area is 86.5 Å². The maximum absolute atomic E-state index is 10.8. The Morgan fingerprint density at radius 1 is 1.53 bits per heavy atom. The van der Waals surface area contributed by atoms with Crippen LogP contribution in [0, 0.1) is 0 Å². The number of aliphatic imine (C=N–C) groups is 1.